The van der Waals surface area contributed by atoms with Gasteiger partial charge in [0.2, 0.25) is 0 Å². The molecule has 4 N–H and O–H groups in total. The molecule has 17 heavy (non-hydrogen) atoms. The van der Waals surface area contributed by atoms with Crippen LogP contribution in [0, 0.1) is 0 Å². The number of hydrogen-bond acceptors (Lipinski definition) is 3. The first-order valence-corrected chi connectivity index (χ1v) is 4.98. The van der Waals surface area contributed by atoms with E-state index in [1.807, 2.05) is 24.3 Å². The van der Waals surface area contributed by atoms with Crippen molar-refractivity contribution in [2.45, 2.75) is 6.54 Å². The largest absolute Gasteiger partial charge is 0.491 e. The van der Waals surface area contributed by atoms with E-state index >= 15 is 0 Å². The number of nitrogens with zero attached hydrogens (tertiary/aromatic N) is 1. The van der Waals surface area contributed by atoms with Crippen molar-refractivity contribution in [2.75, 3.05) is 20.3 Å². The summed E-state index contributed by atoms with van der Waals surface area (Å²) in [6.07, 6.45) is 0. The van der Waals surface area contributed by atoms with Gasteiger partial charge in [0.05, 0.1) is 13.2 Å². The molecule has 96 valence electrons. The van der Waals surface area contributed by atoms with Gasteiger partial charge < -0.3 is 20.9 Å². The lowest BCUT2D eigenvalue weighted by molar-refractivity contribution is 0.146. The van der Waals surface area contributed by atoms with Crippen molar-refractivity contribution in [3.8, 4) is 5.75 Å². The van der Waals surface area contributed by atoms with Crippen LogP contribution < -0.4 is 16.2 Å². The number of aliphatic imine (C=N–C) groups is 1. The first-order chi connectivity index (χ1) is 7.72. The molecule has 0 amide bonds. The molecule has 0 aromatic heterocycles. The molecule has 0 radical (unpaired) electrons. The maximum atomic E-state index is 5.46. The first kappa shape index (κ1) is 16.0. The van der Waals surface area contributed by atoms with Crippen LogP contribution in [0.15, 0.2) is 29.3 Å². The van der Waals surface area contributed by atoms with Gasteiger partial charge in [0.15, 0.2) is 5.96 Å². The summed E-state index contributed by atoms with van der Waals surface area (Å²) in [6.45, 7) is 1.56. The second-order valence-corrected chi connectivity index (χ2v) is 3.23. The number of halogens is 1. The summed E-state index contributed by atoms with van der Waals surface area (Å²) in [6, 6.07) is 7.63. The molecule has 0 aliphatic heterocycles. The van der Waals surface area contributed by atoms with Crippen LogP contribution in [0.2, 0.25) is 0 Å². The molecular formula is C11H18IN3O2. The molecule has 0 bridgehead atoms. The zero-order chi connectivity index (χ0) is 11.8. The van der Waals surface area contributed by atoms with Crippen molar-refractivity contribution >= 4 is 29.9 Å². The van der Waals surface area contributed by atoms with Gasteiger partial charge in [-0.2, -0.15) is 0 Å². The number of benzene rings is 1. The van der Waals surface area contributed by atoms with Gasteiger partial charge >= 0.3 is 0 Å². The Labute approximate surface area is 118 Å². The molecule has 0 fully saturated rings. The second-order valence-electron chi connectivity index (χ2n) is 3.23. The monoisotopic (exact) mass is 351 g/mol. The summed E-state index contributed by atoms with van der Waals surface area (Å²) in [5.74, 6) is 0.881. The first-order valence-electron chi connectivity index (χ1n) is 4.98. The lowest BCUT2D eigenvalue weighted by Crippen LogP contribution is -2.22. The van der Waals surface area contributed by atoms with Crippen LogP contribution in [0.25, 0.3) is 0 Å². The third kappa shape index (κ3) is 7.01. The van der Waals surface area contributed by atoms with Gasteiger partial charge in [-0.3, -0.25) is 0 Å². The average molecular weight is 351 g/mol. The highest BCUT2D eigenvalue weighted by atomic mass is 127. The Morgan fingerprint density at radius 3 is 2.71 bits per heavy atom. The van der Waals surface area contributed by atoms with Gasteiger partial charge in [-0.1, -0.05) is 12.1 Å². The molecule has 5 nitrogen and oxygen atoms in total. The van der Waals surface area contributed by atoms with E-state index in [-0.39, 0.29) is 29.9 Å². The van der Waals surface area contributed by atoms with Crippen LogP contribution in [0.5, 0.6) is 5.75 Å². The zero-order valence-corrected chi connectivity index (χ0v) is 12.1. The van der Waals surface area contributed by atoms with Crippen molar-refractivity contribution < 1.29 is 9.47 Å². The van der Waals surface area contributed by atoms with Gasteiger partial charge in [0.1, 0.15) is 12.4 Å². The second kappa shape index (κ2) is 9.06. The van der Waals surface area contributed by atoms with Crippen LogP contribution in [0.4, 0.5) is 0 Å². The quantitative estimate of drug-likeness (QED) is 0.348. The molecule has 0 atom stereocenters. The minimum absolute atomic E-state index is 0. The molecule has 0 heterocycles. The Hall–Kier alpha value is -1.02. The number of rotatable bonds is 6. The van der Waals surface area contributed by atoms with Gasteiger partial charge in [0.25, 0.3) is 0 Å². The van der Waals surface area contributed by atoms with Crippen LogP contribution in [-0.2, 0) is 11.3 Å². The smallest absolute Gasteiger partial charge is 0.186 e. The third-order valence-electron chi connectivity index (χ3n) is 1.90. The molecule has 0 aliphatic rings. The fourth-order valence-electron chi connectivity index (χ4n) is 1.16. The molecule has 1 aromatic rings. The maximum Gasteiger partial charge on any atom is 0.186 e. The van der Waals surface area contributed by atoms with Crippen LogP contribution >= 0.6 is 24.0 Å². The SMILES string of the molecule is COCCOc1cccc(CN=C(N)N)c1.I. The molecule has 0 saturated heterocycles. The van der Waals surface area contributed by atoms with Crippen molar-refractivity contribution in [3.05, 3.63) is 29.8 Å². The summed E-state index contributed by atoms with van der Waals surface area (Å²) < 4.78 is 10.4. The molecule has 0 spiro atoms. The topological polar surface area (TPSA) is 82.9 Å². The lowest BCUT2D eigenvalue weighted by Gasteiger charge is -2.06. The van der Waals surface area contributed by atoms with Crippen LogP contribution in [-0.4, -0.2) is 26.3 Å². The number of hydrogen-bond donors (Lipinski definition) is 2. The van der Waals surface area contributed by atoms with Crippen LogP contribution in [0.3, 0.4) is 0 Å². The van der Waals surface area contributed by atoms with Crippen molar-refractivity contribution in [3.63, 3.8) is 0 Å². The normalized spacial score (nSPS) is 9.24. The zero-order valence-electron chi connectivity index (χ0n) is 9.76. The summed E-state index contributed by atoms with van der Waals surface area (Å²) in [7, 11) is 1.64. The van der Waals surface area contributed by atoms with Gasteiger partial charge in [-0.05, 0) is 17.7 Å². The number of guanidine groups is 1. The van der Waals surface area contributed by atoms with Crippen LogP contribution in [0.1, 0.15) is 5.56 Å². The lowest BCUT2D eigenvalue weighted by atomic mass is 10.2. The average Bonchev–Trinajstić information content (AvgIpc) is 2.27. The Kier molecular flexibility index (Phi) is 8.51. The third-order valence-corrected chi connectivity index (χ3v) is 1.90. The van der Waals surface area contributed by atoms with E-state index in [4.69, 9.17) is 20.9 Å². The van der Waals surface area contributed by atoms with Gasteiger partial charge in [-0.25, -0.2) is 4.99 Å². The molecule has 0 aliphatic carbocycles. The van der Waals surface area contributed by atoms with Gasteiger partial charge in [0, 0.05) is 7.11 Å². The van der Waals surface area contributed by atoms with E-state index in [0.29, 0.717) is 19.8 Å². The summed E-state index contributed by atoms with van der Waals surface area (Å²) in [5, 5.41) is 0. The van der Waals surface area contributed by atoms with E-state index in [1.165, 1.54) is 0 Å². The minimum atomic E-state index is 0. The van der Waals surface area contributed by atoms with E-state index in [2.05, 4.69) is 4.99 Å². The predicted molar refractivity (Wildman–Crippen MR) is 78.7 cm³/mol. The van der Waals surface area contributed by atoms with Gasteiger partial charge in [-0.15, -0.1) is 24.0 Å². The Morgan fingerprint density at radius 1 is 1.29 bits per heavy atom. The standard InChI is InChI=1S/C11H17N3O2.HI/c1-15-5-6-16-10-4-2-3-9(7-10)8-14-11(12)13;/h2-4,7H,5-6,8H2,1H3,(H4,12,13,14);1H. The van der Waals surface area contributed by atoms with Crippen molar-refractivity contribution in [1.82, 2.24) is 0 Å². The number of methoxy groups -OCH3 is 1. The summed E-state index contributed by atoms with van der Waals surface area (Å²) >= 11 is 0. The maximum absolute atomic E-state index is 5.46. The number of nitrogens with two attached hydrogens (primary N) is 2. The molecular weight excluding hydrogens is 333 g/mol. The summed E-state index contributed by atoms with van der Waals surface area (Å²) in [5.41, 5.74) is 11.5. The molecule has 0 unspecified atom stereocenters. The highest BCUT2D eigenvalue weighted by Crippen LogP contribution is 2.13. The molecule has 0 saturated carbocycles. The molecule has 6 heteroatoms. The highest BCUT2D eigenvalue weighted by Gasteiger charge is 1.96. The Bertz CT molecular complexity index is 354. The van der Waals surface area contributed by atoms with E-state index in [0.717, 1.165) is 11.3 Å². The van der Waals surface area contributed by atoms with E-state index in [9.17, 15) is 0 Å². The predicted octanol–water partition coefficient (Wildman–Crippen LogP) is 1.10. The Balaban J connectivity index is 0.00000256. The van der Waals surface area contributed by atoms with E-state index in [1.54, 1.807) is 7.11 Å². The molecule has 1 rings (SSSR count). The van der Waals surface area contributed by atoms with E-state index < -0.39 is 0 Å². The Morgan fingerprint density at radius 2 is 2.06 bits per heavy atom. The van der Waals surface area contributed by atoms with Crippen molar-refractivity contribution in [1.29, 1.82) is 0 Å². The van der Waals surface area contributed by atoms with Crippen molar-refractivity contribution in [2.24, 2.45) is 16.5 Å². The molecule has 1 aromatic carbocycles. The summed E-state index contributed by atoms with van der Waals surface area (Å²) in [4.78, 5) is 3.92. The highest BCUT2D eigenvalue weighted by molar-refractivity contribution is 14.0. The fourth-order valence-corrected chi connectivity index (χ4v) is 1.16. The minimum Gasteiger partial charge on any atom is -0.491 e. The fraction of sp³-hybridized carbons (Fsp3) is 0.364. The number of ether oxygens (including phenoxy) is 2.